The summed E-state index contributed by atoms with van der Waals surface area (Å²) in [6.07, 6.45) is 7.55. The number of carbonyl (C=O) groups is 1. The van der Waals surface area contributed by atoms with Gasteiger partial charge in [0.25, 0.3) is 0 Å². The van der Waals surface area contributed by atoms with E-state index < -0.39 is 0 Å². The van der Waals surface area contributed by atoms with Crippen LogP contribution in [0.25, 0.3) is 0 Å². The first-order valence-electron chi connectivity index (χ1n) is 5.94. The SMILES string of the molecule is C=CCN(CCC)C(=O)NC1CCCC1. The summed E-state index contributed by atoms with van der Waals surface area (Å²) >= 11 is 0. The molecule has 1 saturated carbocycles. The molecule has 0 aromatic rings. The third-order valence-electron chi connectivity index (χ3n) is 2.81. The van der Waals surface area contributed by atoms with Crippen molar-refractivity contribution >= 4 is 6.03 Å². The second-order valence-electron chi connectivity index (χ2n) is 4.17. The van der Waals surface area contributed by atoms with Gasteiger partial charge in [-0.15, -0.1) is 6.58 Å². The first-order valence-corrected chi connectivity index (χ1v) is 5.94. The zero-order chi connectivity index (χ0) is 11.1. The normalized spacial score (nSPS) is 16.3. The van der Waals surface area contributed by atoms with Crippen LogP contribution in [0.4, 0.5) is 4.79 Å². The van der Waals surface area contributed by atoms with Crippen molar-refractivity contribution in [1.29, 1.82) is 0 Å². The van der Waals surface area contributed by atoms with Crippen molar-refractivity contribution in [2.24, 2.45) is 0 Å². The van der Waals surface area contributed by atoms with Crippen molar-refractivity contribution < 1.29 is 4.79 Å². The zero-order valence-electron chi connectivity index (χ0n) is 9.67. The fraction of sp³-hybridized carbons (Fsp3) is 0.750. The molecule has 0 aromatic heterocycles. The second-order valence-corrected chi connectivity index (χ2v) is 4.17. The molecule has 3 nitrogen and oxygen atoms in total. The number of nitrogens with zero attached hydrogens (tertiary/aromatic N) is 1. The van der Waals surface area contributed by atoms with Gasteiger partial charge in [-0.1, -0.05) is 25.8 Å². The Morgan fingerprint density at radius 1 is 1.53 bits per heavy atom. The quantitative estimate of drug-likeness (QED) is 0.695. The van der Waals surface area contributed by atoms with Gasteiger partial charge in [0, 0.05) is 19.1 Å². The van der Waals surface area contributed by atoms with E-state index in [1.165, 1.54) is 12.8 Å². The van der Waals surface area contributed by atoms with Crippen molar-refractivity contribution in [3.63, 3.8) is 0 Å². The molecule has 0 unspecified atom stereocenters. The Bertz CT molecular complexity index is 210. The summed E-state index contributed by atoms with van der Waals surface area (Å²) in [6, 6.07) is 0.477. The smallest absolute Gasteiger partial charge is 0.317 e. The topological polar surface area (TPSA) is 32.3 Å². The van der Waals surface area contributed by atoms with Gasteiger partial charge in [0.15, 0.2) is 0 Å². The zero-order valence-corrected chi connectivity index (χ0v) is 9.67. The van der Waals surface area contributed by atoms with E-state index in [4.69, 9.17) is 0 Å². The molecule has 1 aliphatic carbocycles. The van der Waals surface area contributed by atoms with E-state index in [-0.39, 0.29) is 6.03 Å². The summed E-state index contributed by atoms with van der Waals surface area (Å²) in [4.78, 5) is 13.7. The third kappa shape index (κ3) is 3.94. The fourth-order valence-electron chi connectivity index (χ4n) is 2.04. The summed E-state index contributed by atoms with van der Waals surface area (Å²) < 4.78 is 0. The first-order chi connectivity index (χ1) is 7.27. The van der Waals surface area contributed by atoms with E-state index in [0.29, 0.717) is 12.6 Å². The van der Waals surface area contributed by atoms with Gasteiger partial charge in [-0.3, -0.25) is 0 Å². The van der Waals surface area contributed by atoms with Crippen LogP contribution in [0.3, 0.4) is 0 Å². The molecule has 0 aromatic carbocycles. The summed E-state index contributed by atoms with van der Waals surface area (Å²) in [6.45, 7) is 7.21. The largest absolute Gasteiger partial charge is 0.335 e. The van der Waals surface area contributed by atoms with Crippen LogP contribution in [0.15, 0.2) is 12.7 Å². The van der Waals surface area contributed by atoms with Gasteiger partial charge in [-0.05, 0) is 19.3 Å². The molecule has 1 rings (SSSR count). The van der Waals surface area contributed by atoms with Crippen LogP contribution in [-0.2, 0) is 0 Å². The van der Waals surface area contributed by atoms with Gasteiger partial charge in [0.05, 0.1) is 0 Å². The molecule has 0 saturated heterocycles. The molecule has 1 N–H and O–H groups in total. The fourth-order valence-corrected chi connectivity index (χ4v) is 2.04. The lowest BCUT2D eigenvalue weighted by molar-refractivity contribution is 0.199. The van der Waals surface area contributed by atoms with Gasteiger partial charge >= 0.3 is 6.03 Å². The molecule has 1 aliphatic rings. The molecule has 0 aliphatic heterocycles. The van der Waals surface area contributed by atoms with E-state index in [1.807, 2.05) is 4.90 Å². The monoisotopic (exact) mass is 210 g/mol. The molecule has 3 heteroatoms. The van der Waals surface area contributed by atoms with Crippen molar-refractivity contribution in [1.82, 2.24) is 10.2 Å². The molecule has 2 amide bonds. The highest BCUT2D eigenvalue weighted by Gasteiger charge is 2.19. The van der Waals surface area contributed by atoms with Crippen LogP contribution < -0.4 is 5.32 Å². The minimum Gasteiger partial charge on any atom is -0.335 e. The van der Waals surface area contributed by atoms with E-state index >= 15 is 0 Å². The molecular weight excluding hydrogens is 188 g/mol. The third-order valence-corrected chi connectivity index (χ3v) is 2.81. The lowest BCUT2D eigenvalue weighted by Gasteiger charge is -2.23. The Kier molecular flexibility index (Phi) is 5.22. The van der Waals surface area contributed by atoms with E-state index in [1.54, 1.807) is 6.08 Å². The Balaban J connectivity index is 2.36. The van der Waals surface area contributed by atoms with Crippen LogP contribution in [0.5, 0.6) is 0 Å². The molecular formula is C12H22N2O. The van der Waals surface area contributed by atoms with Gasteiger partial charge < -0.3 is 10.2 Å². The van der Waals surface area contributed by atoms with E-state index in [9.17, 15) is 4.79 Å². The Labute approximate surface area is 92.5 Å². The van der Waals surface area contributed by atoms with Gasteiger partial charge in [-0.25, -0.2) is 4.79 Å². The van der Waals surface area contributed by atoms with E-state index in [0.717, 1.165) is 25.8 Å². The number of urea groups is 1. The number of hydrogen-bond acceptors (Lipinski definition) is 1. The second kappa shape index (κ2) is 6.49. The number of rotatable bonds is 5. The average Bonchev–Trinajstić information content (AvgIpc) is 2.70. The predicted molar refractivity (Wildman–Crippen MR) is 62.8 cm³/mol. The van der Waals surface area contributed by atoms with Crippen molar-refractivity contribution in [3.8, 4) is 0 Å². The van der Waals surface area contributed by atoms with Crippen LogP contribution >= 0.6 is 0 Å². The maximum atomic E-state index is 11.8. The maximum Gasteiger partial charge on any atom is 0.317 e. The molecule has 0 heterocycles. The Hall–Kier alpha value is -0.990. The number of hydrogen-bond donors (Lipinski definition) is 1. The Morgan fingerprint density at radius 3 is 2.73 bits per heavy atom. The lowest BCUT2D eigenvalue weighted by Crippen LogP contribution is -2.44. The first kappa shape index (κ1) is 12.1. The van der Waals surface area contributed by atoms with Crippen LogP contribution in [0, 0.1) is 0 Å². The average molecular weight is 210 g/mol. The minimum absolute atomic E-state index is 0.0728. The number of carbonyl (C=O) groups excluding carboxylic acids is 1. The van der Waals surface area contributed by atoms with Crippen molar-refractivity contribution in [3.05, 3.63) is 12.7 Å². The minimum atomic E-state index is 0.0728. The van der Waals surface area contributed by atoms with E-state index in [2.05, 4.69) is 18.8 Å². The predicted octanol–water partition coefficient (Wildman–Crippen LogP) is 2.54. The molecule has 0 spiro atoms. The molecule has 0 radical (unpaired) electrons. The van der Waals surface area contributed by atoms with Gasteiger partial charge in [-0.2, -0.15) is 0 Å². The lowest BCUT2D eigenvalue weighted by atomic mass is 10.2. The van der Waals surface area contributed by atoms with Gasteiger partial charge in [0.2, 0.25) is 0 Å². The highest BCUT2D eigenvalue weighted by atomic mass is 16.2. The number of amides is 2. The summed E-state index contributed by atoms with van der Waals surface area (Å²) in [5, 5.41) is 3.09. The molecule has 0 bridgehead atoms. The maximum absolute atomic E-state index is 11.8. The molecule has 0 atom stereocenters. The van der Waals surface area contributed by atoms with Crippen molar-refractivity contribution in [2.75, 3.05) is 13.1 Å². The van der Waals surface area contributed by atoms with Crippen LogP contribution in [0.1, 0.15) is 39.0 Å². The standard InChI is InChI=1S/C12H22N2O/c1-3-9-14(10-4-2)12(15)13-11-7-5-6-8-11/h3,11H,1,4-10H2,2H3,(H,13,15). The Morgan fingerprint density at radius 2 is 2.20 bits per heavy atom. The molecule has 15 heavy (non-hydrogen) atoms. The van der Waals surface area contributed by atoms with Gasteiger partial charge in [0.1, 0.15) is 0 Å². The van der Waals surface area contributed by atoms with Crippen molar-refractivity contribution in [2.45, 2.75) is 45.1 Å². The molecule has 1 fully saturated rings. The summed E-state index contributed by atoms with van der Waals surface area (Å²) in [5.74, 6) is 0. The summed E-state index contributed by atoms with van der Waals surface area (Å²) in [5.41, 5.74) is 0. The number of nitrogens with one attached hydrogen (secondary N) is 1. The van der Waals surface area contributed by atoms with Crippen LogP contribution in [-0.4, -0.2) is 30.1 Å². The van der Waals surface area contributed by atoms with Crippen LogP contribution in [0.2, 0.25) is 0 Å². The summed E-state index contributed by atoms with van der Waals surface area (Å²) in [7, 11) is 0. The highest BCUT2D eigenvalue weighted by molar-refractivity contribution is 5.74. The highest BCUT2D eigenvalue weighted by Crippen LogP contribution is 2.17. The molecule has 86 valence electrons.